The van der Waals surface area contributed by atoms with Crippen molar-refractivity contribution in [3.63, 3.8) is 0 Å². The Morgan fingerprint density at radius 1 is 1.33 bits per heavy atom. The monoisotopic (exact) mass is 262 g/mol. The van der Waals surface area contributed by atoms with Gasteiger partial charge in [-0.3, -0.25) is 9.59 Å². The molecule has 1 fully saturated rings. The molecule has 0 aromatic rings. The molecule has 1 saturated heterocycles. The van der Waals surface area contributed by atoms with Crippen LogP contribution in [0.3, 0.4) is 0 Å². The van der Waals surface area contributed by atoms with E-state index in [1.165, 1.54) is 11.8 Å². The molecule has 4 rings (SSSR count). The molecular formula is C12H10N2O3S. The van der Waals surface area contributed by atoms with E-state index in [-0.39, 0.29) is 23.0 Å². The van der Waals surface area contributed by atoms with Gasteiger partial charge in [-0.2, -0.15) is 0 Å². The van der Waals surface area contributed by atoms with Crippen LogP contribution >= 0.6 is 11.8 Å². The third-order valence-electron chi connectivity index (χ3n) is 3.78. The molecule has 6 heteroatoms. The van der Waals surface area contributed by atoms with E-state index in [9.17, 15) is 14.7 Å². The molecule has 0 radical (unpaired) electrons. The molecule has 4 aliphatic rings. The second kappa shape index (κ2) is 3.27. The summed E-state index contributed by atoms with van der Waals surface area (Å²) in [5.74, 6) is -0.345. The van der Waals surface area contributed by atoms with Crippen LogP contribution in [0.5, 0.6) is 0 Å². The SMILES string of the molecule is O=C1NC(O)C2=CC=C3CNC(=O)C4SC1=C2C34. The first kappa shape index (κ1) is 10.4. The van der Waals surface area contributed by atoms with Crippen LogP contribution in [0.2, 0.25) is 0 Å². The lowest BCUT2D eigenvalue weighted by atomic mass is 9.76. The first-order valence-electron chi connectivity index (χ1n) is 5.75. The normalized spacial score (nSPS) is 36.6. The van der Waals surface area contributed by atoms with Gasteiger partial charge in [0.2, 0.25) is 5.91 Å². The number of carbonyl (C=O) groups is 2. The largest absolute Gasteiger partial charge is 0.369 e. The Morgan fingerprint density at radius 3 is 3.00 bits per heavy atom. The average Bonchev–Trinajstić information content (AvgIpc) is 2.75. The maximum Gasteiger partial charge on any atom is 0.260 e. The Labute approximate surface area is 107 Å². The summed E-state index contributed by atoms with van der Waals surface area (Å²) < 4.78 is 0. The number of aliphatic hydroxyl groups excluding tert-OH is 1. The minimum absolute atomic E-state index is 0.0277. The number of aliphatic hydroxyl groups is 1. The Kier molecular flexibility index (Phi) is 1.89. The van der Waals surface area contributed by atoms with Gasteiger partial charge in [0.1, 0.15) is 0 Å². The third kappa shape index (κ3) is 1.12. The molecular weight excluding hydrogens is 252 g/mol. The van der Waals surface area contributed by atoms with Crippen molar-refractivity contribution in [1.29, 1.82) is 0 Å². The summed E-state index contributed by atoms with van der Waals surface area (Å²) >= 11 is 1.31. The highest BCUT2D eigenvalue weighted by molar-refractivity contribution is 8.05. The second-order valence-electron chi connectivity index (χ2n) is 4.72. The highest BCUT2D eigenvalue weighted by Gasteiger charge is 2.50. The molecule has 5 nitrogen and oxygen atoms in total. The predicted octanol–water partition coefficient (Wildman–Crippen LogP) is -0.583. The summed E-state index contributed by atoms with van der Waals surface area (Å²) in [4.78, 5) is 24.4. The van der Waals surface area contributed by atoms with Crippen molar-refractivity contribution in [2.75, 3.05) is 6.54 Å². The van der Waals surface area contributed by atoms with Crippen molar-refractivity contribution in [2.45, 2.75) is 11.5 Å². The van der Waals surface area contributed by atoms with Crippen LogP contribution < -0.4 is 10.6 Å². The lowest BCUT2D eigenvalue weighted by Crippen LogP contribution is -2.47. The maximum absolute atomic E-state index is 11.9. The van der Waals surface area contributed by atoms with Gasteiger partial charge in [0.15, 0.2) is 6.23 Å². The van der Waals surface area contributed by atoms with Crippen molar-refractivity contribution in [3.8, 4) is 0 Å². The first-order chi connectivity index (χ1) is 8.66. The second-order valence-corrected chi connectivity index (χ2v) is 5.87. The molecule has 1 aliphatic carbocycles. The fraction of sp³-hybridized carbons (Fsp3) is 0.333. The van der Waals surface area contributed by atoms with E-state index in [1.54, 1.807) is 0 Å². The number of thioether (sulfide) groups is 1. The van der Waals surface area contributed by atoms with Gasteiger partial charge in [0, 0.05) is 18.0 Å². The Morgan fingerprint density at radius 2 is 2.17 bits per heavy atom. The summed E-state index contributed by atoms with van der Waals surface area (Å²) in [5.41, 5.74) is 2.69. The zero-order valence-electron chi connectivity index (χ0n) is 9.27. The van der Waals surface area contributed by atoms with Crippen molar-refractivity contribution in [2.24, 2.45) is 5.92 Å². The van der Waals surface area contributed by atoms with Gasteiger partial charge in [0.05, 0.1) is 10.2 Å². The number of rotatable bonds is 0. The number of nitrogens with one attached hydrogen (secondary N) is 2. The van der Waals surface area contributed by atoms with E-state index in [2.05, 4.69) is 10.6 Å². The predicted molar refractivity (Wildman–Crippen MR) is 65.2 cm³/mol. The van der Waals surface area contributed by atoms with Crippen molar-refractivity contribution >= 4 is 23.6 Å². The highest BCUT2D eigenvalue weighted by atomic mass is 32.2. The molecule has 3 heterocycles. The topological polar surface area (TPSA) is 78.4 Å². The number of piperidine rings is 1. The van der Waals surface area contributed by atoms with E-state index in [4.69, 9.17) is 0 Å². The van der Waals surface area contributed by atoms with Crippen LogP contribution in [0.25, 0.3) is 0 Å². The minimum Gasteiger partial charge on any atom is -0.369 e. The summed E-state index contributed by atoms with van der Waals surface area (Å²) in [6.45, 7) is 0.527. The Bertz CT molecular complexity index is 590. The molecule has 0 aromatic heterocycles. The van der Waals surface area contributed by atoms with Gasteiger partial charge in [-0.15, -0.1) is 11.8 Å². The van der Waals surface area contributed by atoms with Gasteiger partial charge >= 0.3 is 0 Å². The van der Waals surface area contributed by atoms with Gasteiger partial charge in [-0.05, 0) is 11.1 Å². The fourth-order valence-electron chi connectivity index (χ4n) is 2.98. The standard InChI is InChI=1S/C12H10N2O3S/c15-10-5-2-1-4-3-13-11(16)8-6(4)7(5)9(18-8)12(17)14-10/h1-2,6,8,10,15H,3H2,(H,13,16)(H,14,17). The molecule has 0 bridgehead atoms. The van der Waals surface area contributed by atoms with Gasteiger partial charge in [0.25, 0.3) is 5.91 Å². The Hall–Kier alpha value is -1.53. The van der Waals surface area contributed by atoms with Crippen LogP contribution in [-0.4, -0.2) is 34.9 Å². The minimum atomic E-state index is -0.960. The maximum atomic E-state index is 11.9. The summed E-state index contributed by atoms with van der Waals surface area (Å²) in [6.07, 6.45) is 2.82. The van der Waals surface area contributed by atoms with Crippen LogP contribution in [0.15, 0.2) is 33.8 Å². The van der Waals surface area contributed by atoms with Crippen molar-refractivity contribution in [1.82, 2.24) is 10.6 Å². The number of hydrogen-bond donors (Lipinski definition) is 3. The van der Waals surface area contributed by atoms with Crippen LogP contribution in [-0.2, 0) is 9.59 Å². The summed E-state index contributed by atoms with van der Waals surface area (Å²) in [5, 5.41) is 15.0. The smallest absolute Gasteiger partial charge is 0.260 e. The summed E-state index contributed by atoms with van der Waals surface area (Å²) in [7, 11) is 0. The van der Waals surface area contributed by atoms with E-state index in [0.29, 0.717) is 11.4 Å². The number of hydrogen-bond acceptors (Lipinski definition) is 4. The quantitative estimate of drug-likeness (QED) is 0.545. The molecule has 92 valence electrons. The van der Waals surface area contributed by atoms with E-state index < -0.39 is 6.23 Å². The molecule has 18 heavy (non-hydrogen) atoms. The molecule has 0 aromatic carbocycles. The van der Waals surface area contributed by atoms with E-state index >= 15 is 0 Å². The third-order valence-corrected chi connectivity index (χ3v) is 5.17. The van der Waals surface area contributed by atoms with Gasteiger partial charge in [-0.1, -0.05) is 12.2 Å². The number of carbonyl (C=O) groups excluding carboxylic acids is 2. The van der Waals surface area contributed by atoms with E-state index in [0.717, 1.165) is 16.7 Å². The number of amides is 2. The summed E-state index contributed by atoms with van der Waals surface area (Å²) in [6, 6.07) is 0. The molecule has 3 N–H and O–H groups in total. The molecule has 0 saturated carbocycles. The van der Waals surface area contributed by atoms with Gasteiger partial charge in [-0.25, -0.2) is 0 Å². The lowest BCUT2D eigenvalue weighted by Gasteiger charge is -2.34. The van der Waals surface area contributed by atoms with Crippen LogP contribution in [0.4, 0.5) is 0 Å². The highest BCUT2D eigenvalue weighted by Crippen LogP contribution is 2.52. The zero-order valence-corrected chi connectivity index (χ0v) is 10.1. The average molecular weight is 262 g/mol. The zero-order chi connectivity index (χ0) is 12.4. The van der Waals surface area contributed by atoms with Gasteiger partial charge < -0.3 is 15.7 Å². The molecule has 3 unspecified atom stereocenters. The Balaban J connectivity index is 1.94. The van der Waals surface area contributed by atoms with Crippen molar-refractivity contribution in [3.05, 3.63) is 33.8 Å². The molecule has 3 atom stereocenters. The molecule has 2 amide bonds. The molecule has 3 aliphatic heterocycles. The van der Waals surface area contributed by atoms with Crippen LogP contribution in [0.1, 0.15) is 0 Å². The lowest BCUT2D eigenvalue weighted by molar-refractivity contribution is -0.122. The first-order valence-corrected chi connectivity index (χ1v) is 6.63. The fourth-order valence-corrected chi connectivity index (χ4v) is 4.41. The van der Waals surface area contributed by atoms with E-state index in [1.807, 2.05) is 12.2 Å². The van der Waals surface area contributed by atoms with Crippen LogP contribution in [0, 0.1) is 5.92 Å². The molecule has 0 spiro atoms. The van der Waals surface area contributed by atoms with Crippen molar-refractivity contribution < 1.29 is 14.7 Å². The number of allylic oxidation sites excluding steroid dienone is 2.